The molecule has 3 aliphatic rings. The number of fused-ring (bicyclic) bond motifs is 8. The van der Waals surface area contributed by atoms with E-state index < -0.39 is 5.41 Å². The molecule has 0 saturated carbocycles. The van der Waals surface area contributed by atoms with Crippen LogP contribution in [0.25, 0.3) is 79.5 Å². The van der Waals surface area contributed by atoms with Gasteiger partial charge in [-0.2, -0.15) is 0 Å². The van der Waals surface area contributed by atoms with E-state index in [9.17, 15) is 0 Å². The molecule has 3 aliphatic carbocycles. The molecule has 0 bridgehead atoms. The van der Waals surface area contributed by atoms with Crippen LogP contribution in [-0.4, -0.2) is 15.0 Å². The van der Waals surface area contributed by atoms with Gasteiger partial charge in [0.25, 0.3) is 0 Å². The second kappa shape index (κ2) is 17.0. The molecule has 0 aliphatic heterocycles. The van der Waals surface area contributed by atoms with Gasteiger partial charge in [-0.15, -0.1) is 0 Å². The quantitative estimate of drug-likeness (QED) is 0.160. The van der Waals surface area contributed by atoms with Crippen LogP contribution in [0.1, 0.15) is 66.6 Å². The van der Waals surface area contributed by atoms with Gasteiger partial charge in [0.05, 0.1) is 11.0 Å². The summed E-state index contributed by atoms with van der Waals surface area (Å²) in [5.74, 6) is 2.55. The Morgan fingerprint density at radius 1 is 0.631 bits per heavy atom. The van der Waals surface area contributed by atoms with Gasteiger partial charge in [0.15, 0.2) is 17.5 Å². The first-order valence-corrected chi connectivity index (χ1v) is 22.5. The van der Waals surface area contributed by atoms with E-state index in [1.165, 1.54) is 50.1 Å². The molecule has 1 unspecified atom stereocenters. The summed E-state index contributed by atoms with van der Waals surface area (Å²) in [4.78, 5) is 15.1. The highest BCUT2D eigenvalue weighted by molar-refractivity contribution is 6.02. The monoisotopic (exact) mass is 839 g/mol. The minimum Gasteiger partial charge on any atom is -0.456 e. The van der Waals surface area contributed by atoms with Gasteiger partial charge in [0.1, 0.15) is 11.2 Å². The van der Waals surface area contributed by atoms with Gasteiger partial charge in [-0.1, -0.05) is 209 Å². The zero-order chi connectivity index (χ0) is 44.7. The molecular weight excluding hydrogens is 791 g/mol. The fourth-order valence-corrected chi connectivity index (χ4v) is 10.0. The lowest BCUT2D eigenvalue weighted by molar-refractivity contribution is 0.516. The van der Waals surface area contributed by atoms with Gasteiger partial charge in [-0.25, -0.2) is 15.0 Å². The van der Waals surface area contributed by atoms with Crippen LogP contribution in [0.3, 0.4) is 0 Å². The Balaban J connectivity index is 0.00000246. The van der Waals surface area contributed by atoms with Crippen LogP contribution in [0.2, 0.25) is 0 Å². The molecule has 0 radical (unpaired) electrons. The van der Waals surface area contributed by atoms with Crippen molar-refractivity contribution < 1.29 is 4.42 Å². The van der Waals surface area contributed by atoms with E-state index in [-0.39, 0.29) is 0 Å². The van der Waals surface area contributed by atoms with Crippen molar-refractivity contribution in [1.29, 1.82) is 0 Å². The highest BCUT2D eigenvalue weighted by Gasteiger charge is 2.53. The number of hydrogen-bond donors (Lipinski definition) is 0. The van der Waals surface area contributed by atoms with Gasteiger partial charge in [-0.3, -0.25) is 0 Å². The molecule has 11 rings (SSSR count). The lowest BCUT2D eigenvalue weighted by Gasteiger charge is -2.30. The lowest BCUT2D eigenvalue weighted by atomic mass is 9.70. The van der Waals surface area contributed by atoms with Gasteiger partial charge in [0.2, 0.25) is 0 Å². The Morgan fingerprint density at radius 3 is 1.88 bits per heavy atom. The van der Waals surface area contributed by atoms with Gasteiger partial charge >= 0.3 is 0 Å². The molecule has 0 N–H and O–H groups in total. The Labute approximate surface area is 381 Å². The van der Waals surface area contributed by atoms with E-state index in [2.05, 4.69) is 166 Å². The third kappa shape index (κ3) is 6.64. The number of rotatable bonds is 7. The summed E-state index contributed by atoms with van der Waals surface area (Å²) in [5, 5.41) is 1.09. The number of furan rings is 1. The zero-order valence-electron chi connectivity index (χ0n) is 37.3. The molecule has 4 heteroatoms. The number of hydrogen-bond acceptors (Lipinski definition) is 4. The van der Waals surface area contributed by atoms with E-state index >= 15 is 0 Å². The first kappa shape index (κ1) is 41.1. The van der Waals surface area contributed by atoms with Crippen molar-refractivity contribution in [2.45, 2.75) is 39.5 Å². The SMILES string of the molecule is C=C/C=C1\C(=C)c2ccccc2C12c1ccccc1-c1c(-c3ccc(-c4ccc(-c5nc(/C(=C/C)c6oc7c(c6C)=CC=CCC=7)nc(-c6ccccc6)n5)cc4)cc3)cccc12.CC. The summed E-state index contributed by atoms with van der Waals surface area (Å²) in [6.45, 7) is 16.9. The summed E-state index contributed by atoms with van der Waals surface area (Å²) in [5.41, 5.74) is 18.5. The summed E-state index contributed by atoms with van der Waals surface area (Å²) >= 11 is 0. The van der Waals surface area contributed by atoms with Crippen molar-refractivity contribution in [3.8, 4) is 56.2 Å². The molecule has 0 fully saturated rings. The topological polar surface area (TPSA) is 51.8 Å². The van der Waals surface area contributed by atoms with Crippen LogP contribution in [0, 0.1) is 6.92 Å². The van der Waals surface area contributed by atoms with Crippen LogP contribution in [0.15, 0.2) is 199 Å². The molecule has 6 aromatic carbocycles. The molecule has 2 aromatic heterocycles. The second-order valence-corrected chi connectivity index (χ2v) is 16.3. The maximum Gasteiger partial charge on any atom is 0.167 e. The Bertz CT molecular complexity index is 3400. The Kier molecular flexibility index (Phi) is 10.7. The van der Waals surface area contributed by atoms with E-state index in [0.717, 1.165) is 61.8 Å². The second-order valence-electron chi connectivity index (χ2n) is 16.3. The summed E-state index contributed by atoms with van der Waals surface area (Å²) in [6, 6.07) is 51.9. The fraction of sp³-hybridized carbons (Fsp3) is 0.0984. The predicted molar refractivity (Wildman–Crippen MR) is 270 cm³/mol. The molecule has 2 heterocycles. The number of aromatic nitrogens is 3. The number of allylic oxidation sites excluding steroid dienone is 7. The van der Waals surface area contributed by atoms with Crippen molar-refractivity contribution >= 4 is 23.3 Å². The molecule has 4 nitrogen and oxygen atoms in total. The van der Waals surface area contributed by atoms with Crippen LogP contribution in [0.4, 0.5) is 0 Å². The van der Waals surface area contributed by atoms with Crippen molar-refractivity contribution in [2.75, 3.05) is 0 Å². The summed E-state index contributed by atoms with van der Waals surface area (Å²) in [6.07, 6.45) is 15.4. The molecular formula is C61H49N3O. The maximum atomic E-state index is 6.50. The Morgan fingerprint density at radius 2 is 1.20 bits per heavy atom. The van der Waals surface area contributed by atoms with Gasteiger partial charge in [0, 0.05) is 21.9 Å². The van der Waals surface area contributed by atoms with E-state index in [4.69, 9.17) is 19.4 Å². The first-order chi connectivity index (χ1) is 32.0. The number of nitrogens with zero attached hydrogens (tertiary/aromatic N) is 3. The standard InChI is InChI=1S/C59H43N3O.C2H6/c1-5-18-49-37(3)45-21-13-15-25-50(45)59(49)51-26-16-14-23-48(51)54-47(24-17-27-52(54)59)41-33-29-39(30-34-41)40-31-35-43(36-32-40)57-60-56(42-19-9-7-10-20-42)61-58(62-57)44(6-2)55-38(4)46-22-11-8-12-28-53(46)63-55;1-2/h5-11,13-36H,1,3,12H2,2,4H3;1-2H3/b44-6+,49-18+;. The van der Waals surface area contributed by atoms with Crippen molar-refractivity contribution in [2.24, 2.45) is 0 Å². The van der Waals surface area contributed by atoms with E-state index in [1.807, 2.05) is 63.3 Å². The Hall–Kier alpha value is -7.95. The van der Waals surface area contributed by atoms with Crippen LogP contribution < -0.4 is 10.6 Å². The van der Waals surface area contributed by atoms with E-state index in [1.54, 1.807) is 0 Å². The highest BCUT2D eigenvalue weighted by Crippen LogP contribution is 2.64. The van der Waals surface area contributed by atoms with Gasteiger partial charge < -0.3 is 4.42 Å². The predicted octanol–water partition coefficient (Wildman–Crippen LogP) is 13.9. The van der Waals surface area contributed by atoms with Crippen molar-refractivity contribution in [1.82, 2.24) is 15.0 Å². The number of benzene rings is 6. The largest absolute Gasteiger partial charge is 0.456 e. The maximum absolute atomic E-state index is 6.50. The van der Waals surface area contributed by atoms with Crippen LogP contribution in [-0.2, 0) is 5.41 Å². The normalized spacial score (nSPS) is 16.1. The zero-order valence-corrected chi connectivity index (χ0v) is 37.3. The molecule has 0 saturated heterocycles. The van der Waals surface area contributed by atoms with Crippen LogP contribution >= 0.6 is 0 Å². The summed E-state index contributed by atoms with van der Waals surface area (Å²) in [7, 11) is 0. The average Bonchev–Trinajstić information content (AvgIpc) is 3.84. The van der Waals surface area contributed by atoms with Crippen molar-refractivity contribution in [3.05, 3.63) is 245 Å². The minimum atomic E-state index is -0.465. The molecule has 314 valence electrons. The van der Waals surface area contributed by atoms with Crippen LogP contribution in [0.5, 0.6) is 0 Å². The summed E-state index contributed by atoms with van der Waals surface area (Å²) < 4.78 is 6.50. The van der Waals surface area contributed by atoms with Crippen molar-refractivity contribution in [3.63, 3.8) is 0 Å². The molecule has 1 atom stereocenters. The molecule has 0 amide bonds. The van der Waals surface area contributed by atoms with E-state index in [0.29, 0.717) is 17.5 Å². The minimum absolute atomic E-state index is 0.465. The fourth-order valence-electron chi connectivity index (χ4n) is 10.0. The highest BCUT2D eigenvalue weighted by atomic mass is 16.3. The third-order valence-electron chi connectivity index (χ3n) is 12.9. The third-order valence-corrected chi connectivity index (χ3v) is 12.9. The molecule has 8 aromatic rings. The lowest BCUT2D eigenvalue weighted by Crippen LogP contribution is -2.25. The average molecular weight is 840 g/mol. The van der Waals surface area contributed by atoms with Gasteiger partial charge in [-0.05, 0) is 93.1 Å². The molecule has 65 heavy (non-hydrogen) atoms. The molecule has 1 spiro atoms. The smallest absolute Gasteiger partial charge is 0.167 e. The first-order valence-electron chi connectivity index (χ1n) is 22.5.